The van der Waals surface area contributed by atoms with Crippen LogP contribution in [-0.2, 0) is 39.8 Å². The molecule has 3 atom stereocenters. The Bertz CT molecular complexity index is 923. The fourth-order valence-corrected chi connectivity index (χ4v) is 3.28. The zero-order chi connectivity index (χ0) is 30.1. The van der Waals surface area contributed by atoms with Gasteiger partial charge in [-0.25, -0.2) is 4.79 Å². The SMILES string of the molecule is CC(NC(=O)[C@H](COC(F)F)NC(=O)CN1CCOCC1)C(=O)N[C@@H](Cc1ccccc1)C(=O)O.COC(F)F. The van der Waals surface area contributed by atoms with Crippen molar-refractivity contribution in [3.63, 3.8) is 0 Å². The van der Waals surface area contributed by atoms with E-state index in [4.69, 9.17) is 4.74 Å². The summed E-state index contributed by atoms with van der Waals surface area (Å²) in [4.78, 5) is 50.8. The molecule has 3 amide bonds. The number of methoxy groups -OCH3 is 1. The van der Waals surface area contributed by atoms with Crippen molar-refractivity contribution >= 4 is 23.7 Å². The normalized spacial score (nSPS) is 15.8. The number of halogens is 4. The van der Waals surface area contributed by atoms with E-state index in [0.717, 1.165) is 7.11 Å². The first kappa shape index (κ1) is 34.7. The van der Waals surface area contributed by atoms with Gasteiger partial charge < -0.3 is 35.3 Å². The van der Waals surface area contributed by atoms with Gasteiger partial charge in [-0.2, -0.15) is 17.6 Å². The average molecular weight is 583 g/mol. The fraction of sp³-hybridized carbons (Fsp3) is 0.583. The molecule has 0 aliphatic carbocycles. The van der Waals surface area contributed by atoms with E-state index in [2.05, 4.69) is 25.4 Å². The van der Waals surface area contributed by atoms with Crippen LogP contribution in [0.5, 0.6) is 0 Å². The third kappa shape index (κ3) is 14.7. The molecule has 226 valence electrons. The molecule has 1 heterocycles. The Hall–Kier alpha value is -3.34. The van der Waals surface area contributed by atoms with Crippen LogP contribution in [0.4, 0.5) is 17.6 Å². The summed E-state index contributed by atoms with van der Waals surface area (Å²) in [6.45, 7) is -3.48. The minimum absolute atomic E-state index is 0.0189. The third-order valence-electron chi connectivity index (χ3n) is 5.34. The lowest BCUT2D eigenvalue weighted by molar-refractivity contribution is -0.148. The Morgan fingerprint density at radius 2 is 1.55 bits per heavy atom. The minimum Gasteiger partial charge on any atom is -0.480 e. The van der Waals surface area contributed by atoms with Gasteiger partial charge in [-0.3, -0.25) is 19.3 Å². The Kier molecular flexibility index (Phi) is 16.4. The largest absolute Gasteiger partial charge is 0.480 e. The summed E-state index contributed by atoms with van der Waals surface area (Å²) in [5.41, 5.74) is 0.684. The molecule has 1 aromatic rings. The number of hydrogen-bond donors (Lipinski definition) is 4. The van der Waals surface area contributed by atoms with E-state index in [1.165, 1.54) is 6.92 Å². The highest BCUT2D eigenvalue weighted by molar-refractivity contribution is 5.93. The predicted molar refractivity (Wildman–Crippen MR) is 131 cm³/mol. The van der Waals surface area contributed by atoms with Gasteiger partial charge in [0.15, 0.2) is 0 Å². The van der Waals surface area contributed by atoms with Crippen molar-refractivity contribution in [2.45, 2.75) is 44.7 Å². The molecule has 1 fully saturated rings. The third-order valence-corrected chi connectivity index (χ3v) is 5.34. The summed E-state index contributed by atoms with van der Waals surface area (Å²) >= 11 is 0. The molecule has 0 radical (unpaired) electrons. The van der Waals surface area contributed by atoms with Gasteiger partial charge in [-0.05, 0) is 12.5 Å². The van der Waals surface area contributed by atoms with Crippen LogP contribution in [0.2, 0.25) is 0 Å². The molecular weight excluding hydrogens is 548 g/mol. The molecule has 0 aromatic heterocycles. The highest BCUT2D eigenvalue weighted by Crippen LogP contribution is 2.05. The van der Waals surface area contributed by atoms with E-state index in [1.807, 2.05) is 0 Å². The number of amides is 3. The smallest absolute Gasteiger partial charge is 0.345 e. The van der Waals surface area contributed by atoms with Crippen LogP contribution in [0, 0.1) is 0 Å². The van der Waals surface area contributed by atoms with Gasteiger partial charge in [0.25, 0.3) is 0 Å². The Morgan fingerprint density at radius 1 is 0.950 bits per heavy atom. The number of carbonyl (C=O) groups excluding carboxylic acids is 3. The zero-order valence-electron chi connectivity index (χ0n) is 22.0. The van der Waals surface area contributed by atoms with Crippen LogP contribution in [0.25, 0.3) is 0 Å². The number of rotatable bonds is 14. The second kappa shape index (κ2) is 18.9. The average Bonchev–Trinajstić information content (AvgIpc) is 2.91. The van der Waals surface area contributed by atoms with Gasteiger partial charge in [0.1, 0.15) is 18.1 Å². The van der Waals surface area contributed by atoms with E-state index >= 15 is 0 Å². The maximum Gasteiger partial charge on any atom is 0.345 e. The van der Waals surface area contributed by atoms with Crippen molar-refractivity contribution in [2.24, 2.45) is 0 Å². The molecule has 40 heavy (non-hydrogen) atoms. The summed E-state index contributed by atoms with van der Waals surface area (Å²) in [5, 5.41) is 16.4. The van der Waals surface area contributed by atoms with Gasteiger partial charge in [-0.15, -0.1) is 0 Å². The van der Waals surface area contributed by atoms with E-state index < -0.39 is 61.6 Å². The molecule has 1 saturated heterocycles. The number of morpholine rings is 1. The van der Waals surface area contributed by atoms with Gasteiger partial charge >= 0.3 is 19.2 Å². The van der Waals surface area contributed by atoms with E-state index in [0.29, 0.717) is 31.9 Å². The van der Waals surface area contributed by atoms with Crippen molar-refractivity contribution in [2.75, 3.05) is 46.6 Å². The van der Waals surface area contributed by atoms with E-state index in [-0.39, 0.29) is 13.0 Å². The van der Waals surface area contributed by atoms with Gasteiger partial charge in [0.05, 0.1) is 26.4 Å². The van der Waals surface area contributed by atoms with Crippen molar-refractivity contribution in [1.29, 1.82) is 0 Å². The van der Waals surface area contributed by atoms with Crippen molar-refractivity contribution in [3.05, 3.63) is 35.9 Å². The molecule has 4 N–H and O–H groups in total. The molecule has 1 aliphatic heterocycles. The van der Waals surface area contributed by atoms with Crippen LogP contribution < -0.4 is 16.0 Å². The second-order valence-corrected chi connectivity index (χ2v) is 8.42. The molecule has 12 nitrogen and oxygen atoms in total. The number of nitrogens with one attached hydrogen (secondary N) is 3. The van der Waals surface area contributed by atoms with E-state index in [9.17, 15) is 41.8 Å². The van der Waals surface area contributed by atoms with Crippen LogP contribution in [0.1, 0.15) is 12.5 Å². The molecule has 0 saturated carbocycles. The van der Waals surface area contributed by atoms with Crippen molar-refractivity contribution in [3.8, 4) is 0 Å². The minimum atomic E-state index is -3.17. The van der Waals surface area contributed by atoms with Crippen LogP contribution >= 0.6 is 0 Å². The van der Waals surface area contributed by atoms with Crippen LogP contribution in [0.3, 0.4) is 0 Å². The summed E-state index contributed by atoms with van der Waals surface area (Å²) < 4.78 is 59.0. The number of alkyl halides is 4. The summed E-state index contributed by atoms with van der Waals surface area (Å²) in [7, 11) is 0.949. The highest BCUT2D eigenvalue weighted by Gasteiger charge is 2.28. The molecule has 2 rings (SSSR count). The molecule has 0 bridgehead atoms. The lowest BCUT2D eigenvalue weighted by Crippen LogP contribution is -2.57. The van der Waals surface area contributed by atoms with Crippen LogP contribution in [0.15, 0.2) is 30.3 Å². The van der Waals surface area contributed by atoms with Crippen molar-refractivity contribution < 1.29 is 56.1 Å². The Morgan fingerprint density at radius 3 is 2.08 bits per heavy atom. The summed E-state index contributed by atoms with van der Waals surface area (Å²) in [5.74, 6) is -3.58. The van der Waals surface area contributed by atoms with E-state index in [1.54, 1.807) is 35.2 Å². The number of nitrogens with zero attached hydrogens (tertiary/aromatic N) is 1. The topological polar surface area (TPSA) is 156 Å². The van der Waals surface area contributed by atoms with Crippen LogP contribution in [-0.4, -0.2) is 112 Å². The summed E-state index contributed by atoms with van der Waals surface area (Å²) in [6, 6.07) is 4.68. The molecule has 1 aromatic carbocycles. The van der Waals surface area contributed by atoms with Gasteiger partial charge in [-0.1, -0.05) is 30.3 Å². The second-order valence-electron chi connectivity index (χ2n) is 8.42. The first-order valence-electron chi connectivity index (χ1n) is 12.1. The Labute approximate surface area is 228 Å². The number of benzene rings is 1. The molecular formula is C24H34F4N4O8. The maximum absolute atomic E-state index is 12.6. The monoisotopic (exact) mass is 582 g/mol. The first-order chi connectivity index (χ1) is 18.9. The predicted octanol–water partition coefficient (Wildman–Crippen LogP) is 0.215. The van der Waals surface area contributed by atoms with Crippen molar-refractivity contribution in [1.82, 2.24) is 20.9 Å². The molecule has 1 unspecified atom stereocenters. The number of ether oxygens (including phenoxy) is 3. The fourth-order valence-electron chi connectivity index (χ4n) is 3.28. The molecule has 1 aliphatic rings. The number of carbonyl (C=O) groups is 4. The first-order valence-corrected chi connectivity index (χ1v) is 12.1. The lowest BCUT2D eigenvalue weighted by Gasteiger charge is -2.27. The lowest BCUT2D eigenvalue weighted by atomic mass is 10.1. The quantitative estimate of drug-likeness (QED) is 0.225. The highest BCUT2D eigenvalue weighted by atomic mass is 19.3. The summed E-state index contributed by atoms with van der Waals surface area (Å²) in [6.07, 6.45) is 0.0189. The standard InChI is InChI=1S/C22H30F2N4O7.C2H4F2O/c1-14(19(30)27-16(21(32)33)11-15-5-3-2-4-6-15)25-20(31)17(13-35-22(23)24)26-18(29)12-28-7-9-34-10-8-28;1-5-2(3)4/h2-6,14,16-17,22H,7-13H2,1H3,(H,25,31)(H,26,29)(H,27,30)(H,32,33);2H,1H3/t14?,16-,17-;/m0./s1. The number of carboxylic acids is 1. The molecule has 0 spiro atoms. The number of carboxylic acid groups (broad SMARTS) is 1. The zero-order valence-corrected chi connectivity index (χ0v) is 22.0. The number of hydrogen-bond acceptors (Lipinski definition) is 8. The van der Waals surface area contributed by atoms with Gasteiger partial charge in [0, 0.05) is 26.6 Å². The maximum atomic E-state index is 12.6. The van der Waals surface area contributed by atoms with Gasteiger partial charge in [0.2, 0.25) is 17.7 Å². The Balaban J connectivity index is 0.00000146. The molecule has 16 heteroatoms. The number of aliphatic carboxylic acids is 1.